The lowest BCUT2D eigenvalue weighted by Crippen LogP contribution is -2.19. The van der Waals surface area contributed by atoms with Gasteiger partial charge in [-0.2, -0.15) is 0 Å². The summed E-state index contributed by atoms with van der Waals surface area (Å²) in [5.41, 5.74) is 1.33. The predicted octanol–water partition coefficient (Wildman–Crippen LogP) is 3.28. The Bertz CT molecular complexity index is 253. The normalized spacial score (nSPS) is 13.3. The molecule has 1 aromatic rings. The fourth-order valence-corrected chi connectivity index (χ4v) is 1.71. The zero-order chi connectivity index (χ0) is 9.84. The lowest BCUT2D eigenvalue weighted by Gasteiger charge is -2.22. The van der Waals surface area contributed by atoms with Crippen LogP contribution in [-0.4, -0.2) is 19.0 Å². The molecule has 0 heterocycles. The summed E-state index contributed by atoms with van der Waals surface area (Å²) < 4.78 is 1.13. The smallest absolute Gasteiger partial charge is 0.0370 e. The van der Waals surface area contributed by atoms with Crippen molar-refractivity contribution in [3.8, 4) is 0 Å². The highest BCUT2D eigenvalue weighted by Gasteiger charge is 2.10. The lowest BCUT2D eigenvalue weighted by atomic mass is 10.0. The second-order valence-corrected chi connectivity index (χ2v) is 4.21. The Hall–Kier alpha value is -0.340. The van der Waals surface area contributed by atoms with Crippen LogP contribution in [0.15, 0.2) is 28.7 Å². The van der Waals surface area contributed by atoms with Crippen LogP contribution >= 0.6 is 15.9 Å². The highest BCUT2D eigenvalue weighted by Crippen LogP contribution is 2.22. The molecule has 1 radical (unpaired) electrons. The Morgan fingerprint density at radius 3 is 2.15 bits per heavy atom. The second kappa shape index (κ2) is 4.77. The number of halogens is 1. The third-order valence-corrected chi connectivity index (χ3v) is 2.61. The van der Waals surface area contributed by atoms with E-state index in [1.807, 2.05) is 0 Å². The second-order valence-electron chi connectivity index (χ2n) is 3.29. The van der Waals surface area contributed by atoms with Crippen LogP contribution in [0.3, 0.4) is 0 Å². The van der Waals surface area contributed by atoms with Gasteiger partial charge in [-0.1, -0.05) is 35.0 Å². The molecule has 0 bridgehead atoms. The van der Waals surface area contributed by atoms with Crippen molar-refractivity contribution in [2.75, 3.05) is 14.1 Å². The van der Waals surface area contributed by atoms with Crippen LogP contribution in [0.5, 0.6) is 0 Å². The largest absolute Gasteiger partial charge is 0.302 e. The van der Waals surface area contributed by atoms with Gasteiger partial charge in [-0.3, -0.25) is 0 Å². The van der Waals surface area contributed by atoms with Gasteiger partial charge >= 0.3 is 0 Å². The van der Waals surface area contributed by atoms with Gasteiger partial charge in [0.25, 0.3) is 0 Å². The molecule has 0 amide bonds. The van der Waals surface area contributed by atoms with E-state index in [2.05, 4.69) is 72.5 Å². The molecule has 0 aromatic heterocycles. The maximum atomic E-state index is 3.43. The van der Waals surface area contributed by atoms with E-state index < -0.39 is 0 Å². The zero-order valence-corrected chi connectivity index (χ0v) is 9.88. The molecule has 1 unspecified atom stereocenters. The summed E-state index contributed by atoms with van der Waals surface area (Å²) in [5, 5.41) is 0. The van der Waals surface area contributed by atoms with Crippen LogP contribution in [0.2, 0.25) is 0 Å². The molecule has 1 aromatic carbocycles. The van der Waals surface area contributed by atoms with E-state index in [1.165, 1.54) is 5.56 Å². The Morgan fingerprint density at radius 1 is 1.23 bits per heavy atom. The van der Waals surface area contributed by atoms with E-state index in [0.29, 0.717) is 6.04 Å². The van der Waals surface area contributed by atoms with Crippen molar-refractivity contribution in [2.45, 2.75) is 13.0 Å². The average Bonchev–Trinajstić information content (AvgIpc) is 2.09. The molecule has 13 heavy (non-hydrogen) atoms. The topological polar surface area (TPSA) is 3.24 Å². The molecule has 1 rings (SSSR count). The van der Waals surface area contributed by atoms with Crippen molar-refractivity contribution >= 4 is 15.9 Å². The molecule has 0 spiro atoms. The Morgan fingerprint density at radius 2 is 1.77 bits per heavy atom. The zero-order valence-electron chi connectivity index (χ0n) is 8.29. The highest BCUT2D eigenvalue weighted by atomic mass is 79.9. The predicted molar refractivity (Wildman–Crippen MR) is 60.5 cm³/mol. The molecule has 1 atom stereocenters. The van der Waals surface area contributed by atoms with Gasteiger partial charge in [-0.25, -0.2) is 0 Å². The van der Waals surface area contributed by atoms with Gasteiger partial charge < -0.3 is 4.90 Å². The van der Waals surface area contributed by atoms with Crippen molar-refractivity contribution in [1.82, 2.24) is 4.90 Å². The van der Waals surface area contributed by atoms with Crippen LogP contribution in [0.4, 0.5) is 0 Å². The van der Waals surface area contributed by atoms with Crippen LogP contribution in [0.25, 0.3) is 0 Å². The first-order chi connectivity index (χ1) is 6.15. The molecule has 0 fully saturated rings. The van der Waals surface area contributed by atoms with Crippen LogP contribution in [-0.2, 0) is 0 Å². The van der Waals surface area contributed by atoms with E-state index in [4.69, 9.17) is 0 Å². The first-order valence-electron chi connectivity index (χ1n) is 4.36. The van der Waals surface area contributed by atoms with Gasteiger partial charge in [0.1, 0.15) is 0 Å². The van der Waals surface area contributed by atoms with Gasteiger partial charge in [-0.15, -0.1) is 0 Å². The molecular formula is C11H15BrN. The van der Waals surface area contributed by atoms with Crippen molar-refractivity contribution in [3.63, 3.8) is 0 Å². The maximum absolute atomic E-state index is 3.43. The number of hydrogen-bond acceptors (Lipinski definition) is 1. The molecule has 0 aliphatic rings. The molecular weight excluding hydrogens is 226 g/mol. The number of benzene rings is 1. The fourth-order valence-electron chi connectivity index (χ4n) is 1.45. The van der Waals surface area contributed by atoms with Crippen LogP contribution in [0, 0.1) is 6.42 Å². The summed E-state index contributed by atoms with van der Waals surface area (Å²) >= 11 is 3.43. The van der Waals surface area contributed by atoms with E-state index in [0.717, 1.165) is 4.47 Å². The lowest BCUT2D eigenvalue weighted by molar-refractivity contribution is 0.333. The number of hydrogen-bond donors (Lipinski definition) is 0. The summed E-state index contributed by atoms with van der Waals surface area (Å²) in [6, 6.07) is 8.86. The van der Waals surface area contributed by atoms with Crippen LogP contribution < -0.4 is 0 Å². The molecule has 0 aliphatic carbocycles. The highest BCUT2D eigenvalue weighted by molar-refractivity contribution is 9.10. The van der Waals surface area contributed by atoms with E-state index >= 15 is 0 Å². The third kappa shape index (κ3) is 2.82. The van der Waals surface area contributed by atoms with E-state index in [9.17, 15) is 0 Å². The summed E-state index contributed by atoms with van der Waals surface area (Å²) in [7, 11) is 4.18. The molecule has 0 aliphatic heterocycles. The molecule has 1 nitrogen and oxygen atoms in total. The van der Waals surface area contributed by atoms with Crippen molar-refractivity contribution in [3.05, 3.63) is 40.7 Å². The van der Waals surface area contributed by atoms with Gasteiger partial charge in [-0.05, 0) is 38.2 Å². The van der Waals surface area contributed by atoms with Crippen molar-refractivity contribution in [2.24, 2.45) is 0 Å². The molecule has 0 saturated carbocycles. The Labute approximate surface area is 88.9 Å². The minimum atomic E-state index is 0.410. The summed E-state index contributed by atoms with van der Waals surface area (Å²) in [5.74, 6) is 0. The fraction of sp³-hybridized carbons (Fsp3) is 0.364. The van der Waals surface area contributed by atoms with Crippen molar-refractivity contribution in [1.29, 1.82) is 0 Å². The van der Waals surface area contributed by atoms with Gasteiger partial charge in [0.05, 0.1) is 0 Å². The summed E-state index contributed by atoms with van der Waals surface area (Å²) in [6.07, 6.45) is 2.20. The van der Waals surface area contributed by atoms with Crippen molar-refractivity contribution < 1.29 is 0 Å². The van der Waals surface area contributed by atoms with Gasteiger partial charge in [0.15, 0.2) is 0 Å². The molecule has 0 N–H and O–H groups in total. The minimum absolute atomic E-state index is 0.410. The van der Waals surface area contributed by atoms with Gasteiger partial charge in [0.2, 0.25) is 0 Å². The van der Waals surface area contributed by atoms with Gasteiger partial charge in [0, 0.05) is 10.5 Å². The average molecular weight is 241 g/mol. The first-order valence-corrected chi connectivity index (χ1v) is 5.16. The monoisotopic (exact) mass is 240 g/mol. The first kappa shape index (κ1) is 10.7. The molecule has 0 saturated heterocycles. The van der Waals surface area contributed by atoms with E-state index in [-0.39, 0.29) is 0 Å². The van der Waals surface area contributed by atoms with E-state index in [1.54, 1.807) is 0 Å². The third-order valence-electron chi connectivity index (χ3n) is 2.08. The molecule has 71 valence electrons. The maximum Gasteiger partial charge on any atom is 0.0370 e. The molecule has 2 heteroatoms. The Balaban J connectivity index is 2.86. The SMILES string of the molecule is C[CH]C(c1ccc(Br)cc1)N(C)C. The standard InChI is InChI=1S/C11H15BrN/c1-4-11(13(2)3)9-5-7-10(12)8-6-9/h4-8,11H,1-3H3. The quantitative estimate of drug-likeness (QED) is 0.784. The Kier molecular flexibility index (Phi) is 3.94. The summed E-state index contributed by atoms with van der Waals surface area (Å²) in [6.45, 7) is 2.09. The number of rotatable bonds is 3. The van der Waals surface area contributed by atoms with Crippen LogP contribution in [0.1, 0.15) is 18.5 Å². The minimum Gasteiger partial charge on any atom is -0.302 e. The summed E-state index contributed by atoms with van der Waals surface area (Å²) in [4.78, 5) is 2.20. The number of nitrogens with zero attached hydrogens (tertiary/aromatic N) is 1.